The molecule has 1 N–H and O–H groups in total. The molecule has 4 aromatic rings. The largest absolute Gasteiger partial charge is 0.351 e. The number of aromatic nitrogens is 2. The van der Waals surface area contributed by atoms with E-state index in [1.165, 1.54) is 16.3 Å². The number of carbonyl (C=O) groups is 1. The monoisotopic (exact) mass is 403 g/mol. The van der Waals surface area contributed by atoms with Gasteiger partial charge in [0.25, 0.3) is 5.56 Å². The molecule has 0 atom stereocenters. The minimum Gasteiger partial charge on any atom is -0.351 e. The molecule has 0 aliphatic rings. The topological polar surface area (TPSA) is 64.0 Å². The third kappa shape index (κ3) is 4.03. The van der Waals surface area contributed by atoms with E-state index < -0.39 is 0 Å². The van der Waals surface area contributed by atoms with Gasteiger partial charge in [-0.25, -0.2) is 4.98 Å². The molecule has 0 fully saturated rings. The van der Waals surface area contributed by atoms with Crippen molar-refractivity contribution in [2.45, 2.75) is 18.6 Å². The van der Waals surface area contributed by atoms with Crippen LogP contribution in [0.2, 0.25) is 0 Å². The maximum Gasteiger partial charge on any atom is 0.261 e. The number of rotatable bonds is 5. The number of benzene rings is 3. The minimum atomic E-state index is -0.108. The first kappa shape index (κ1) is 19.2. The van der Waals surface area contributed by atoms with Gasteiger partial charge in [-0.15, -0.1) is 0 Å². The standard InChI is InChI=1S/C23H21N3O2S/c1-15-7-3-4-10-18(15)13-24-21(27)14-29-23-25-20-12-17-9-6-5-8-16(17)11-19(20)22(28)26(23)2/h3-12H,13-14H2,1-2H3,(H,24,27). The summed E-state index contributed by atoms with van der Waals surface area (Å²) >= 11 is 1.27. The van der Waals surface area contributed by atoms with Crippen LogP contribution in [0.15, 0.2) is 70.6 Å². The predicted molar refractivity (Wildman–Crippen MR) is 118 cm³/mol. The van der Waals surface area contributed by atoms with Crippen molar-refractivity contribution < 1.29 is 4.79 Å². The summed E-state index contributed by atoms with van der Waals surface area (Å²) < 4.78 is 1.51. The van der Waals surface area contributed by atoms with Crippen molar-refractivity contribution in [2.75, 3.05) is 5.75 Å². The van der Waals surface area contributed by atoms with Crippen LogP contribution in [0.25, 0.3) is 21.7 Å². The maximum atomic E-state index is 12.8. The molecule has 0 unspecified atom stereocenters. The molecule has 6 heteroatoms. The highest BCUT2D eigenvalue weighted by Gasteiger charge is 2.12. The zero-order valence-corrected chi connectivity index (χ0v) is 17.1. The van der Waals surface area contributed by atoms with E-state index >= 15 is 0 Å². The van der Waals surface area contributed by atoms with E-state index in [0.29, 0.717) is 22.6 Å². The normalized spacial score (nSPS) is 11.1. The fraction of sp³-hybridized carbons (Fsp3) is 0.174. The van der Waals surface area contributed by atoms with Gasteiger partial charge in [-0.1, -0.05) is 60.3 Å². The van der Waals surface area contributed by atoms with Crippen LogP contribution in [0.3, 0.4) is 0 Å². The third-order valence-electron chi connectivity index (χ3n) is 4.97. The Kier molecular flexibility index (Phi) is 5.36. The van der Waals surface area contributed by atoms with Crippen LogP contribution in [0, 0.1) is 6.92 Å². The molecule has 0 saturated carbocycles. The second kappa shape index (κ2) is 8.09. The first-order valence-corrected chi connectivity index (χ1v) is 10.3. The van der Waals surface area contributed by atoms with Crippen LogP contribution in [-0.4, -0.2) is 21.2 Å². The van der Waals surface area contributed by atoms with E-state index in [4.69, 9.17) is 0 Å². The van der Waals surface area contributed by atoms with E-state index in [2.05, 4.69) is 10.3 Å². The van der Waals surface area contributed by atoms with Crippen molar-refractivity contribution in [2.24, 2.45) is 7.05 Å². The average molecular weight is 404 g/mol. The van der Waals surface area contributed by atoms with Crippen LogP contribution in [0.4, 0.5) is 0 Å². The van der Waals surface area contributed by atoms with Crippen molar-refractivity contribution in [3.63, 3.8) is 0 Å². The molecule has 0 bridgehead atoms. The van der Waals surface area contributed by atoms with E-state index in [0.717, 1.165) is 21.9 Å². The molecule has 0 aliphatic heterocycles. The number of aryl methyl sites for hydroxylation is 1. The second-order valence-corrected chi connectivity index (χ2v) is 7.91. The average Bonchev–Trinajstić information content (AvgIpc) is 2.73. The number of hydrogen-bond acceptors (Lipinski definition) is 4. The van der Waals surface area contributed by atoms with E-state index in [1.807, 2.05) is 67.6 Å². The van der Waals surface area contributed by atoms with E-state index in [-0.39, 0.29) is 17.2 Å². The molecule has 1 heterocycles. The highest BCUT2D eigenvalue weighted by Crippen LogP contribution is 2.22. The number of carbonyl (C=O) groups excluding carboxylic acids is 1. The van der Waals surface area contributed by atoms with E-state index in [9.17, 15) is 9.59 Å². The van der Waals surface area contributed by atoms with Crippen LogP contribution in [-0.2, 0) is 18.4 Å². The Morgan fingerprint density at radius 2 is 1.76 bits per heavy atom. The number of hydrogen-bond donors (Lipinski definition) is 1. The summed E-state index contributed by atoms with van der Waals surface area (Å²) in [7, 11) is 1.69. The lowest BCUT2D eigenvalue weighted by molar-refractivity contribution is -0.118. The Labute approximate surface area is 172 Å². The molecule has 146 valence electrons. The van der Waals surface area contributed by atoms with Gasteiger partial charge in [0, 0.05) is 13.6 Å². The first-order chi connectivity index (χ1) is 14.0. The highest BCUT2D eigenvalue weighted by atomic mass is 32.2. The highest BCUT2D eigenvalue weighted by molar-refractivity contribution is 7.99. The van der Waals surface area contributed by atoms with E-state index in [1.54, 1.807) is 7.05 Å². The summed E-state index contributed by atoms with van der Waals surface area (Å²) in [6, 6.07) is 19.7. The number of thioether (sulfide) groups is 1. The molecular formula is C23H21N3O2S. The van der Waals surface area contributed by atoms with Crippen molar-refractivity contribution in [3.8, 4) is 0 Å². The summed E-state index contributed by atoms with van der Waals surface area (Å²) in [6.45, 7) is 2.51. The second-order valence-electron chi connectivity index (χ2n) is 6.97. The van der Waals surface area contributed by atoms with Crippen LogP contribution in [0.1, 0.15) is 11.1 Å². The van der Waals surface area contributed by atoms with Gasteiger partial charge in [0.15, 0.2) is 5.16 Å². The van der Waals surface area contributed by atoms with Crippen molar-refractivity contribution >= 4 is 39.3 Å². The fourth-order valence-electron chi connectivity index (χ4n) is 3.25. The zero-order chi connectivity index (χ0) is 20.4. The van der Waals surface area contributed by atoms with Gasteiger partial charge >= 0.3 is 0 Å². The summed E-state index contributed by atoms with van der Waals surface area (Å²) in [5.74, 6) is 0.108. The molecule has 4 rings (SSSR count). The quantitative estimate of drug-likeness (QED) is 0.313. The summed E-state index contributed by atoms with van der Waals surface area (Å²) in [6.07, 6.45) is 0. The smallest absolute Gasteiger partial charge is 0.261 e. The Hall–Kier alpha value is -3.12. The van der Waals surface area contributed by atoms with Crippen molar-refractivity contribution in [1.29, 1.82) is 0 Å². The lowest BCUT2D eigenvalue weighted by Gasteiger charge is -2.10. The third-order valence-corrected chi connectivity index (χ3v) is 6.00. The lowest BCUT2D eigenvalue weighted by Crippen LogP contribution is -2.26. The Balaban J connectivity index is 1.52. The first-order valence-electron chi connectivity index (χ1n) is 9.36. The fourth-order valence-corrected chi connectivity index (χ4v) is 4.05. The summed E-state index contributed by atoms with van der Waals surface area (Å²) in [5.41, 5.74) is 2.78. The molecule has 0 spiro atoms. The Morgan fingerprint density at radius 3 is 2.52 bits per heavy atom. The van der Waals surface area contributed by atoms with Crippen LogP contribution < -0.4 is 10.9 Å². The van der Waals surface area contributed by atoms with Gasteiger partial charge in [0.1, 0.15) is 0 Å². The van der Waals surface area contributed by atoms with Crippen molar-refractivity contribution in [1.82, 2.24) is 14.9 Å². The molecule has 0 radical (unpaired) electrons. The van der Waals surface area contributed by atoms with Crippen molar-refractivity contribution in [3.05, 3.63) is 82.1 Å². The molecule has 0 saturated heterocycles. The number of amides is 1. The van der Waals surface area contributed by atoms with Gasteiger partial charge in [0.2, 0.25) is 5.91 Å². The minimum absolute atomic E-state index is 0.0916. The molecule has 0 aliphatic carbocycles. The van der Waals surface area contributed by atoms with Gasteiger partial charge in [-0.05, 0) is 41.0 Å². The zero-order valence-electron chi connectivity index (χ0n) is 16.3. The van der Waals surface area contributed by atoms with Crippen LogP contribution >= 0.6 is 11.8 Å². The van der Waals surface area contributed by atoms with Crippen LogP contribution in [0.5, 0.6) is 0 Å². The molecule has 29 heavy (non-hydrogen) atoms. The van der Waals surface area contributed by atoms with Gasteiger partial charge in [-0.3, -0.25) is 14.2 Å². The summed E-state index contributed by atoms with van der Waals surface area (Å²) in [5, 5.41) is 6.09. The van der Waals surface area contributed by atoms with Gasteiger partial charge in [0.05, 0.1) is 16.7 Å². The molecule has 5 nitrogen and oxygen atoms in total. The summed E-state index contributed by atoms with van der Waals surface area (Å²) in [4.78, 5) is 29.7. The van der Waals surface area contributed by atoms with Gasteiger partial charge < -0.3 is 5.32 Å². The molecule has 1 aromatic heterocycles. The Morgan fingerprint density at radius 1 is 1.07 bits per heavy atom. The predicted octanol–water partition coefficient (Wildman–Crippen LogP) is 3.80. The molecular weight excluding hydrogens is 382 g/mol. The number of nitrogens with one attached hydrogen (secondary N) is 1. The molecule has 1 amide bonds. The number of nitrogens with zero attached hydrogens (tertiary/aromatic N) is 2. The maximum absolute atomic E-state index is 12.8. The molecule has 3 aromatic carbocycles. The lowest BCUT2D eigenvalue weighted by atomic mass is 10.1. The Bertz CT molecular complexity index is 1280. The van der Waals surface area contributed by atoms with Gasteiger partial charge in [-0.2, -0.15) is 0 Å². The number of fused-ring (bicyclic) bond motifs is 2. The SMILES string of the molecule is Cc1ccccc1CNC(=O)CSc1nc2cc3ccccc3cc2c(=O)n1C.